The quantitative estimate of drug-likeness (QED) is 0.341. The van der Waals surface area contributed by atoms with E-state index in [0.717, 1.165) is 0 Å². The molecular formula is C10H20NO5S-. The molecule has 0 fully saturated rings. The number of aliphatic hydroxyl groups excluding tert-OH is 1. The van der Waals surface area contributed by atoms with E-state index in [9.17, 15) is 18.1 Å². The Kier molecular flexibility index (Phi) is 8.36. The Labute approximate surface area is 103 Å². The van der Waals surface area contributed by atoms with Crippen molar-refractivity contribution in [3.05, 3.63) is 12.2 Å². The van der Waals surface area contributed by atoms with Crippen LogP contribution in [0.15, 0.2) is 12.2 Å². The Balaban J connectivity index is 3.68. The summed E-state index contributed by atoms with van der Waals surface area (Å²) < 4.78 is 36.3. The van der Waals surface area contributed by atoms with E-state index in [1.807, 2.05) is 19.1 Å². The molecule has 7 heteroatoms. The fourth-order valence-corrected chi connectivity index (χ4v) is 1.68. The second-order valence-corrected chi connectivity index (χ2v) is 5.31. The zero-order valence-corrected chi connectivity index (χ0v) is 11.0. The van der Waals surface area contributed by atoms with E-state index in [-0.39, 0.29) is 19.7 Å². The first-order valence-electron chi connectivity index (χ1n) is 5.34. The molecule has 0 aliphatic heterocycles. The van der Waals surface area contributed by atoms with Gasteiger partial charge in [0, 0.05) is 13.1 Å². The molecule has 0 bridgehead atoms. The minimum atomic E-state index is -4.19. The number of ether oxygens (including phenoxy) is 1. The summed E-state index contributed by atoms with van der Waals surface area (Å²) in [6, 6.07) is 0. The molecule has 6 nitrogen and oxygen atoms in total. The predicted molar refractivity (Wildman–Crippen MR) is 63.7 cm³/mol. The topological polar surface area (TPSA) is 89.9 Å². The van der Waals surface area contributed by atoms with Crippen molar-refractivity contribution in [2.45, 2.75) is 13.0 Å². The highest BCUT2D eigenvalue weighted by atomic mass is 32.2. The SMILES string of the molecule is C/C=C/COCC(O)CN(C)CCS(=O)(=O)[O-]. The smallest absolute Gasteiger partial charge is 0.0958 e. The maximum absolute atomic E-state index is 10.4. The molecule has 0 spiro atoms. The molecule has 0 saturated carbocycles. The van der Waals surface area contributed by atoms with Crippen LogP contribution in [0, 0.1) is 0 Å². The molecule has 0 radical (unpaired) electrons. The third-order valence-corrected chi connectivity index (χ3v) is 2.69. The van der Waals surface area contributed by atoms with E-state index in [1.165, 1.54) is 0 Å². The number of hydrogen-bond acceptors (Lipinski definition) is 6. The van der Waals surface area contributed by atoms with Gasteiger partial charge >= 0.3 is 0 Å². The van der Waals surface area contributed by atoms with Crippen LogP contribution < -0.4 is 0 Å². The van der Waals surface area contributed by atoms with Crippen LogP contribution in [0.1, 0.15) is 6.92 Å². The second kappa shape index (κ2) is 8.60. The largest absolute Gasteiger partial charge is 0.748 e. The van der Waals surface area contributed by atoms with E-state index in [2.05, 4.69) is 0 Å². The van der Waals surface area contributed by atoms with Crippen molar-refractivity contribution >= 4 is 10.1 Å². The molecule has 0 aliphatic rings. The van der Waals surface area contributed by atoms with E-state index < -0.39 is 22.0 Å². The van der Waals surface area contributed by atoms with Crippen molar-refractivity contribution in [3.63, 3.8) is 0 Å². The first kappa shape index (κ1) is 16.5. The van der Waals surface area contributed by atoms with Crippen molar-refractivity contribution in [2.24, 2.45) is 0 Å². The summed E-state index contributed by atoms with van der Waals surface area (Å²) in [5.74, 6) is -0.449. The van der Waals surface area contributed by atoms with E-state index in [0.29, 0.717) is 6.61 Å². The number of rotatable bonds is 9. The van der Waals surface area contributed by atoms with Crippen molar-refractivity contribution in [2.75, 3.05) is 39.1 Å². The third kappa shape index (κ3) is 11.8. The maximum atomic E-state index is 10.4. The minimum absolute atomic E-state index is 0.109. The van der Waals surface area contributed by atoms with Crippen molar-refractivity contribution in [1.82, 2.24) is 4.90 Å². The summed E-state index contributed by atoms with van der Waals surface area (Å²) in [5.41, 5.74) is 0. The lowest BCUT2D eigenvalue weighted by Crippen LogP contribution is -2.35. The van der Waals surface area contributed by atoms with Crippen LogP contribution in [0.5, 0.6) is 0 Å². The van der Waals surface area contributed by atoms with Crippen molar-refractivity contribution in [3.8, 4) is 0 Å². The summed E-state index contributed by atoms with van der Waals surface area (Å²) >= 11 is 0. The number of hydrogen-bond donors (Lipinski definition) is 1. The molecule has 17 heavy (non-hydrogen) atoms. The lowest BCUT2D eigenvalue weighted by Gasteiger charge is -2.20. The zero-order valence-electron chi connectivity index (χ0n) is 10.2. The van der Waals surface area contributed by atoms with Crippen molar-refractivity contribution < 1.29 is 22.8 Å². The van der Waals surface area contributed by atoms with Gasteiger partial charge in [-0.05, 0) is 14.0 Å². The summed E-state index contributed by atoms with van der Waals surface area (Å²) in [6.45, 7) is 2.87. The molecule has 0 heterocycles. The summed E-state index contributed by atoms with van der Waals surface area (Å²) in [5, 5.41) is 9.53. The van der Waals surface area contributed by atoms with Gasteiger partial charge in [0.1, 0.15) is 0 Å². The van der Waals surface area contributed by atoms with Gasteiger partial charge in [-0.1, -0.05) is 12.2 Å². The van der Waals surface area contributed by atoms with Crippen LogP contribution >= 0.6 is 0 Å². The summed E-state index contributed by atoms with van der Waals surface area (Å²) in [6.07, 6.45) is 2.97. The predicted octanol–water partition coefficient (Wildman–Crippen LogP) is -0.583. The molecule has 0 rings (SSSR count). The maximum Gasteiger partial charge on any atom is 0.0958 e. The Morgan fingerprint density at radius 3 is 2.71 bits per heavy atom. The highest BCUT2D eigenvalue weighted by Gasteiger charge is 2.09. The second-order valence-electron chi connectivity index (χ2n) is 3.78. The molecule has 0 aliphatic carbocycles. The average Bonchev–Trinajstić information content (AvgIpc) is 2.21. The van der Waals surface area contributed by atoms with Crippen LogP contribution in [0.4, 0.5) is 0 Å². The van der Waals surface area contributed by atoms with Gasteiger partial charge in [0.15, 0.2) is 0 Å². The Hall–Kier alpha value is -0.470. The molecule has 0 aromatic rings. The molecule has 1 unspecified atom stereocenters. The van der Waals surface area contributed by atoms with Gasteiger partial charge in [0.05, 0.1) is 35.2 Å². The molecule has 0 aromatic heterocycles. The number of aliphatic hydroxyl groups is 1. The Morgan fingerprint density at radius 2 is 2.18 bits per heavy atom. The minimum Gasteiger partial charge on any atom is -0.748 e. The van der Waals surface area contributed by atoms with Gasteiger partial charge in [0.25, 0.3) is 0 Å². The monoisotopic (exact) mass is 266 g/mol. The lowest BCUT2D eigenvalue weighted by molar-refractivity contribution is 0.0318. The van der Waals surface area contributed by atoms with Crippen LogP contribution in [0.3, 0.4) is 0 Å². The Bertz CT molecular complexity index is 315. The Morgan fingerprint density at radius 1 is 1.53 bits per heavy atom. The standard InChI is InChI=1S/C10H21NO5S/c1-3-4-6-16-9-10(12)8-11(2)5-7-17(13,14)15/h3-4,10,12H,5-9H2,1-2H3,(H,13,14,15)/p-1/b4-3+. The first-order chi connectivity index (χ1) is 7.85. The summed E-state index contributed by atoms with van der Waals surface area (Å²) in [7, 11) is -2.55. The molecule has 0 saturated heterocycles. The third-order valence-electron chi connectivity index (χ3n) is 2.01. The summed E-state index contributed by atoms with van der Waals surface area (Å²) in [4.78, 5) is 1.58. The molecule has 0 aromatic carbocycles. The molecule has 102 valence electrons. The van der Waals surface area contributed by atoms with Gasteiger partial charge in [0.2, 0.25) is 0 Å². The van der Waals surface area contributed by atoms with E-state index in [1.54, 1.807) is 11.9 Å². The highest BCUT2D eigenvalue weighted by Crippen LogP contribution is 1.93. The van der Waals surface area contributed by atoms with Gasteiger partial charge < -0.3 is 19.3 Å². The van der Waals surface area contributed by atoms with Gasteiger partial charge in [-0.3, -0.25) is 0 Å². The normalized spacial score (nSPS) is 14.6. The zero-order chi connectivity index (χ0) is 13.3. The van der Waals surface area contributed by atoms with E-state index >= 15 is 0 Å². The molecule has 1 atom stereocenters. The van der Waals surface area contributed by atoms with Crippen LogP contribution in [-0.2, 0) is 14.9 Å². The van der Waals surface area contributed by atoms with Gasteiger partial charge in [-0.2, -0.15) is 0 Å². The average molecular weight is 266 g/mol. The molecule has 0 amide bonds. The highest BCUT2D eigenvalue weighted by molar-refractivity contribution is 7.85. The molecular weight excluding hydrogens is 246 g/mol. The van der Waals surface area contributed by atoms with Crippen molar-refractivity contribution in [1.29, 1.82) is 0 Å². The molecule has 1 N–H and O–H groups in total. The first-order valence-corrected chi connectivity index (χ1v) is 6.92. The fraction of sp³-hybridized carbons (Fsp3) is 0.800. The number of allylic oxidation sites excluding steroid dienone is 1. The van der Waals surface area contributed by atoms with Crippen LogP contribution in [-0.4, -0.2) is 68.2 Å². The van der Waals surface area contributed by atoms with Crippen LogP contribution in [0.2, 0.25) is 0 Å². The van der Waals surface area contributed by atoms with Gasteiger partial charge in [-0.15, -0.1) is 0 Å². The number of nitrogens with zero attached hydrogens (tertiary/aromatic N) is 1. The van der Waals surface area contributed by atoms with E-state index in [4.69, 9.17) is 4.74 Å². The number of likely N-dealkylation sites (N-methyl/N-ethyl adjacent to an activating group) is 1. The van der Waals surface area contributed by atoms with Gasteiger partial charge in [-0.25, -0.2) is 8.42 Å². The fourth-order valence-electron chi connectivity index (χ4n) is 1.14. The lowest BCUT2D eigenvalue weighted by atomic mass is 10.3. The van der Waals surface area contributed by atoms with Crippen LogP contribution in [0.25, 0.3) is 0 Å².